The van der Waals surface area contributed by atoms with Crippen LogP contribution in [0.5, 0.6) is 0 Å². The summed E-state index contributed by atoms with van der Waals surface area (Å²) in [6.07, 6.45) is 0. The van der Waals surface area contributed by atoms with Crippen molar-refractivity contribution < 1.29 is 14.1 Å². The predicted molar refractivity (Wildman–Crippen MR) is 122 cm³/mol. The zero-order chi connectivity index (χ0) is 21.6. The first-order valence-corrected chi connectivity index (χ1v) is 11.9. The Bertz CT molecular complexity index is 965. The molecule has 0 bridgehead atoms. The molecule has 0 spiro atoms. The van der Waals surface area contributed by atoms with Crippen molar-refractivity contribution >= 4 is 23.9 Å². The van der Waals surface area contributed by atoms with Crippen molar-refractivity contribution in [2.45, 2.75) is 26.3 Å². The number of nitrogens with one attached hydrogen (secondary N) is 1. The van der Waals surface area contributed by atoms with E-state index in [2.05, 4.69) is 5.09 Å². The molecule has 0 radical (unpaired) electrons. The summed E-state index contributed by atoms with van der Waals surface area (Å²) in [4.78, 5) is 12.8. The van der Waals surface area contributed by atoms with Gasteiger partial charge in [-0.1, -0.05) is 66.7 Å². The number of benzene rings is 3. The number of carbonyl (C=O) groups is 1. The zero-order valence-electron chi connectivity index (χ0n) is 17.6. The smallest absolute Gasteiger partial charge is 0.310 e. The first-order valence-electron chi connectivity index (χ1n) is 10.1. The minimum Gasteiger partial charge on any atom is -0.466 e. The molecule has 0 aliphatic heterocycles. The van der Waals surface area contributed by atoms with E-state index in [0.29, 0.717) is 17.2 Å². The summed E-state index contributed by atoms with van der Waals surface area (Å²) < 4.78 is 20.0. The first kappa shape index (κ1) is 22.0. The zero-order valence-corrected chi connectivity index (χ0v) is 18.5. The molecule has 30 heavy (non-hydrogen) atoms. The molecule has 3 aromatic rings. The van der Waals surface area contributed by atoms with Crippen LogP contribution in [-0.4, -0.2) is 12.6 Å². The molecule has 0 aliphatic carbocycles. The van der Waals surface area contributed by atoms with E-state index in [1.54, 1.807) is 6.92 Å². The third kappa shape index (κ3) is 4.40. The second kappa shape index (κ2) is 9.42. The van der Waals surface area contributed by atoms with Gasteiger partial charge >= 0.3 is 5.97 Å². The van der Waals surface area contributed by atoms with E-state index < -0.39 is 18.7 Å². The van der Waals surface area contributed by atoms with Gasteiger partial charge in [0, 0.05) is 10.6 Å². The van der Waals surface area contributed by atoms with Crippen molar-refractivity contribution in [2.75, 3.05) is 6.61 Å². The molecular formula is C25H28NO3P. The van der Waals surface area contributed by atoms with Gasteiger partial charge in [-0.2, -0.15) is 0 Å². The Balaban J connectivity index is 2.17. The molecule has 3 rings (SSSR count). The van der Waals surface area contributed by atoms with Gasteiger partial charge < -0.3 is 4.74 Å². The second-order valence-corrected chi connectivity index (χ2v) is 9.91. The molecule has 5 heteroatoms. The highest BCUT2D eigenvalue weighted by atomic mass is 31.2. The quantitative estimate of drug-likeness (QED) is 0.426. The average molecular weight is 421 g/mol. The van der Waals surface area contributed by atoms with E-state index in [0.717, 1.165) is 5.56 Å². The lowest BCUT2D eigenvalue weighted by atomic mass is 9.81. The fourth-order valence-corrected chi connectivity index (χ4v) is 6.30. The molecule has 156 valence electrons. The number of rotatable bonds is 8. The van der Waals surface area contributed by atoms with Crippen LogP contribution in [-0.2, 0) is 19.6 Å². The molecule has 4 nitrogen and oxygen atoms in total. The van der Waals surface area contributed by atoms with Crippen LogP contribution in [0.3, 0.4) is 0 Å². The minimum absolute atomic E-state index is 0.295. The number of carbonyl (C=O) groups excluding carboxylic acids is 1. The third-order valence-electron chi connectivity index (χ3n) is 5.51. The summed E-state index contributed by atoms with van der Waals surface area (Å²) in [7, 11) is -3.28. The third-order valence-corrected chi connectivity index (χ3v) is 8.34. The van der Waals surface area contributed by atoms with Gasteiger partial charge in [-0.3, -0.25) is 9.36 Å². The highest BCUT2D eigenvalue weighted by Crippen LogP contribution is 2.46. The average Bonchev–Trinajstić information content (AvgIpc) is 2.80. The normalized spacial score (nSPS) is 14.5. The lowest BCUT2D eigenvalue weighted by molar-refractivity contribution is -0.150. The second-order valence-electron chi connectivity index (χ2n) is 7.43. The van der Waals surface area contributed by atoms with Crippen molar-refractivity contribution in [3.8, 4) is 0 Å². The Morgan fingerprint density at radius 3 is 1.77 bits per heavy atom. The summed E-state index contributed by atoms with van der Waals surface area (Å²) in [5.41, 5.74) is -0.0491. The Hall–Kier alpha value is -2.68. The summed E-state index contributed by atoms with van der Waals surface area (Å²) in [5.74, 6) is -0.898. The SMILES string of the molecule is CCOC(=O)[C@@H](C)[C@](C)(NP(=O)(c1ccccc1)c1ccccc1)c1ccccc1. The lowest BCUT2D eigenvalue weighted by Crippen LogP contribution is -2.49. The van der Waals surface area contributed by atoms with E-state index in [-0.39, 0.29) is 5.97 Å². The molecule has 0 heterocycles. The maximum absolute atomic E-state index is 14.6. The molecule has 0 saturated carbocycles. The Labute approximate surface area is 178 Å². The lowest BCUT2D eigenvalue weighted by Gasteiger charge is -2.39. The van der Waals surface area contributed by atoms with Gasteiger partial charge in [-0.15, -0.1) is 0 Å². The van der Waals surface area contributed by atoms with E-state index in [1.807, 2.05) is 105 Å². The van der Waals surface area contributed by atoms with Crippen LogP contribution in [0.2, 0.25) is 0 Å². The van der Waals surface area contributed by atoms with Crippen LogP contribution in [0, 0.1) is 5.92 Å². The van der Waals surface area contributed by atoms with Crippen LogP contribution in [0.25, 0.3) is 0 Å². The maximum Gasteiger partial charge on any atom is 0.310 e. The highest BCUT2D eigenvalue weighted by molar-refractivity contribution is 7.77. The van der Waals surface area contributed by atoms with E-state index >= 15 is 0 Å². The van der Waals surface area contributed by atoms with E-state index in [1.165, 1.54) is 0 Å². The fourth-order valence-electron chi connectivity index (χ4n) is 3.58. The molecule has 1 N–H and O–H groups in total. The van der Waals surface area contributed by atoms with E-state index in [4.69, 9.17) is 4.74 Å². The molecular weight excluding hydrogens is 393 g/mol. The van der Waals surface area contributed by atoms with Crippen molar-refractivity contribution in [2.24, 2.45) is 5.92 Å². The van der Waals surface area contributed by atoms with Crippen molar-refractivity contribution in [3.63, 3.8) is 0 Å². The Morgan fingerprint density at radius 2 is 1.33 bits per heavy atom. The standard InChI is InChI=1S/C25H28NO3P/c1-4-29-24(27)20(2)25(3,21-14-8-5-9-15-21)26-30(28,22-16-10-6-11-17-22)23-18-12-7-13-19-23/h5-20H,4H2,1-3H3,(H,26,28)/t20-,25+/m1/s1. The first-order chi connectivity index (χ1) is 14.4. The molecule has 0 fully saturated rings. The minimum atomic E-state index is -3.28. The van der Waals surface area contributed by atoms with Gasteiger partial charge in [0.2, 0.25) is 7.29 Å². The number of hydrogen-bond donors (Lipinski definition) is 1. The van der Waals surface area contributed by atoms with Gasteiger partial charge in [0.05, 0.1) is 18.1 Å². The Morgan fingerprint density at radius 1 is 0.900 bits per heavy atom. The van der Waals surface area contributed by atoms with Gasteiger partial charge in [0.1, 0.15) is 0 Å². The molecule has 0 aromatic heterocycles. The van der Waals surface area contributed by atoms with Crippen LogP contribution in [0.1, 0.15) is 26.3 Å². The molecule has 0 saturated heterocycles. The molecule has 0 amide bonds. The van der Waals surface area contributed by atoms with E-state index in [9.17, 15) is 9.36 Å². The van der Waals surface area contributed by atoms with Crippen molar-refractivity contribution in [1.82, 2.24) is 5.09 Å². The maximum atomic E-state index is 14.6. The topological polar surface area (TPSA) is 55.4 Å². The van der Waals surface area contributed by atoms with Crippen LogP contribution in [0.15, 0.2) is 91.0 Å². The van der Waals surface area contributed by atoms with Crippen LogP contribution in [0.4, 0.5) is 0 Å². The molecule has 0 unspecified atom stereocenters. The number of ether oxygens (including phenoxy) is 1. The van der Waals surface area contributed by atoms with Gasteiger partial charge in [-0.25, -0.2) is 5.09 Å². The summed E-state index contributed by atoms with van der Waals surface area (Å²) in [6.45, 7) is 5.82. The number of hydrogen-bond acceptors (Lipinski definition) is 3. The van der Waals surface area contributed by atoms with Crippen LogP contribution >= 0.6 is 7.29 Å². The van der Waals surface area contributed by atoms with Gasteiger partial charge in [-0.05, 0) is 50.6 Å². The van der Waals surface area contributed by atoms with Crippen LogP contribution < -0.4 is 15.7 Å². The fraction of sp³-hybridized carbons (Fsp3) is 0.240. The predicted octanol–water partition coefficient (Wildman–Crippen LogP) is 4.62. The van der Waals surface area contributed by atoms with Gasteiger partial charge in [0.15, 0.2) is 0 Å². The summed E-state index contributed by atoms with van der Waals surface area (Å²) in [5, 5.41) is 4.83. The molecule has 3 aromatic carbocycles. The van der Waals surface area contributed by atoms with Gasteiger partial charge in [0.25, 0.3) is 0 Å². The molecule has 2 atom stereocenters. The highest BCUT2D eigenvalue weighted by Gasteiger charge is 2.44. The Kier molecular flexibility index (Phi) is 6.91. The summed E-state index contributed by atoms with van der Waals surface area (Å²) in [6, 6.07) is 28.4. The largest absolute Gasteiger partial charge is 0.466 e. The van der Waals surface area contributed by atoms with Crippen molar-refractivity contribution in [3.05, 3.63) is 96.6 Å². The van der Waals surface area contributed by atoms with Crippen molar-refractivity contribution in [1.29, 1.82) is 0 Å². The monoisotopic (exact) mass is 421 g/mol. The molecule has 0 aliphatic rings. The summed E-state index contributed by atoms with van der Waals surface area (Å²) >= 11 is 0. The number of esters is 1.